The topological polar surface area (TPSA) is 93.5 Å². The predicted octanol–water partition coefficient (Wildman–Crippen LogP) is 6.20. The average molecular weight is 613 g/mol. The largest absolute Gasteiger partial charge is 0.444 e. The van der Waals surface area contributed by atoms with Gasteiger partial charge in [-0.3, -0.25) is 9.69 Å². The second-order valence-electron chi connectivity index (χ2n) is 14.4. The Hall–Kier alpha value is -3.27. The number of piperazine rings is 1. The molecule has 1 aliphatic heterocycles. The molecule has 10 nitrogen and oxygen atoms in total. The minimum atomic E-state index is -0.890. The van der Waals surface area contributed by atoms with E-state index in [1.54, 1.807) is 7.11 Å². The van der Waals surface area contributed by atoms with Gasteiger partial charge in [0.1, 0.15) is 17.2 Å². The van der Waals surface area contributed by atoms with Gasteiger partial charge in [0.15, 0.2) is 0 Å². The van der Waals surface area contributed by atoms with E-state index in [9.17, 15) is 14.4 Å². The summed E-state index contributed by atoms with van der Waals surface area (Å²) in [5.74, 6) is -0.177. The lowest BCUT2D eigenvalue weighted by Gasteiger charge is -2.43. The average Bonchev–Trinajstić information content (AvgIpc) is 3.69. The Bertz CT molecular complexity index is 1370. The highest BCUT2D eigenvalue weighted by atomic mass is 16.6. The van der Waals surface area contributed by atoms with Crippen LogP contribution in [0.1, 0.15) is 90.5 Å². The molecule has 0 radical (unpaired) electrons. The normalized spacial score (nSPS) is 18.4. The molecular formula is C34H52N4O6. The number of carbonyl (C=O) groups excluding carboxylic acids is 3. The van der Waals surface area contributed by atoms with E-state index in [2.05, 4.69) is 43.7 Å². The minimum absolute atomic E-state index is 0.0442. The number of aryl methyl sites for hydroxylation is 3. The van der Waals surface area contributed by atoms with Crippen LogP contribution in [0.3, 0.4) is 0 Å². The lowest BCUT2D eigenvalue weighted by atomic mass is 9.98. The van der Waals surface area contributed by atoms with Crippen molar-refractivity contribution in [1.29, 1.82) is 0 Å². The van der Waals surface area contributed by atoms with Crippen molar-refractivity contribution in [3.8, 4) is 0 Å². The maximum absolute atomic E-state index is 14.6. The van der Waals surface area contributed by atoms with Crippen LogP contribution in [0, 0.1) is 13.8 Å². The fourth-order valence-electron chi connectivity index (χ4n) is 6.11. The first kappa shape index (κ1) is 33.6. The zero-order valence-electron chi connectivity index (χ0n) is 28.4. The van der Waals surface area contributed by atoms with E-state index in [1.807, 2.05) is 46.4 Å². The molecule has 2 atom stereocenters. The van der Waals surface area contributed by atoms with Crippen LogP contribution in [0.5, 0.6) is 0 Å². The van der Waals surface area contributed by atoms with Crippen LogP contribution in [0.2, 0.25) is 0 Å². The van der Waals surface area contributed by atoms with Crippen molar-refractivity contribution in [3.63, 3.8) is 0 Å². The zero-order valence-corrected chi connectivity index (χ0v) is 28.4. The van der Waals surface area contributed by atoms with Crippen LogP contribution in [0.25, 0.3) is 10.9 Å². The summed E-state index contributed by atoms with van der Waals surface area (Å²) in [6.07, 6.45) is 3.86. The quantitative estimate of drug-likeness (QED) is 0.330. The Morgan fingerprint density at radius 3 is 2.18 bits per heavy atom. The van der Waals surface area contributed by atoms with Gasteiger partial charge in [-0.25, -0.2) is 9.59 Å². The van der Waals surface area contributed by atoms with Crippen LogP contribution in [0.15, 0.2) is 18.3 Å². The lowest BCUT2D eigenvalue weighted by Crippen LogP contribution is -2.63. The molecule has 1 saturated carbocycles. The molecule has 3 amide bonds. The predicted molar refractivity (Wildman–Crippen MR) is 171 cm³/mol. The van der Waals surface area contributed by atoms with Crippen molar-refractivity contribution < 1.29 is 28.6 Å². The third-order valence-corrected chi connectivity index (χ3v) is 8.18. The molecule has 2 aliphatic rings. The fourth-order valence-corrected chi connectivity index (χ4v) is 6.11. The molecular weight excluding hydrogens is 560 g/mol. The highest BCUT2D eigenvalue weighted by Gasteiger charge is 2.46. The van der Waals surface area contributed by atoms with Crippen molar-refractivity contribution >= 4 is 29.0 Å². The third kappa shape index (κ3) is 7.86. The fraction of sp³-hybridized carbons (Fsp3) is 0.676. The van der Waals surface area contributed by atoms with Crippen molar-refractivity contribution in [1.82, 2.24) is 19.3 Å². The maximum Gasteiger partial charge on any atom is 0.411 e. The number of aromatic nitrogens is 1. The second-order valence-corrected chi connectivity index (χ2v) is 14.4. The summed E-state index contributed by atoms with van der Waals surface area (Å²) in [5, 5.41) is 1.24. The van der Waals surface area contributed by atoms with Gasteiger partial charge in [0.25, 0.3) is 0 Å². The molecule has 1 saturated heterocycles. The molecule has 1 aromatic carbocycles. The first-order valence-electron chi connectivity index (χ1n) is 15.9. The molecule has 1 aromatic heterocycles. The molecule has 0 bridgehead atoms. The summed E-state index contributed by atoms with van der Waals surface area (Å²) in [5.41, 5.74) is 3.18. The van der Waals surface area contributed by atoms with Crippen LogP contribution in [0.4, 0.5) is 9.59 Å². The molecule has 44 heavy (non-hydrogen) atoms. The van der Waals surface area contributed by atoms with Crippen molar-refractivity contribution in [2.24, 2.45) is 0 Å². The number of fused-ring (bicyclic) bond motifs is 1. The summed E-state index contributed by atoms with van der Waals surface area (Å²) in [4.78, 5) is 46.1. The summed E-state index contributed by atoms with van der Waals surface area (Å²) in [7, 11) is 1.72. The number of hydrogen-bond donors (Lipinski definition) is 0. The van der Waals surface area contributed by atoms with Crippen LogP contribution >= 0.6 is 0 Å². The first-order chi connectivity index (χ1) is 20.5. The summed E-state index contributed by atoms with van der Waals surface area (Å²) in [6.45, 7) is 19.2. The molecule has 2 heterocycles. The van der Waals surface area contributed by atoms with Crippen molar-refractivity contribution in [2.75, 3.05) is 33.4 Å². The van der Waals surface area contributed by atoms with Gasteiger partial charge in [0.05, 0.1) is 12.6 Å². The van der Waals surface area contributed by atoms with Gasteiger partial charge in [-0.1, -0.05) is 6.07 Å². The number of benzene rings is 1. The van der Waals surface area contributed by atoms with Crippen molar-refractivity contribution in [3.05, 3.63) is 35.0 Å². The standard InChI is InChI=1S/C34H52N4O6/c1-22-18-25(19-27-29(22)23(2)20-35(27)14-11-17-42-10)24(3)38(26-12-13-26)30(39)28-21-36(31(40)43-33(4,5)6)15-16-37(28)32(41)44-34(7,8)9/h18-20,24,26,28H,11-17,21H2,1-10H3/t24?,28-/m1/s1. The van der Waals surface area contributed by atoms with E-state index in [4.69, 9.17) is 14.2 Å². The Morgan fingerprint density at radius 1 is 0.955 bits per heavy atom. The molecule has 0 spiro atoms. The Kier molecular flexibility index (Phi) is 9.93. The summed E-state index contributed by atoms with van der Waals surface area (Å²) >= 11 is 0. The monoisotopic (exact) mass is 612 g/mol. The minimum Gasteiger partial charge on any atom is -0.444 e. The number of hydrogen-bond acceptors (Lipinski definition) is 6. The van der Waals surface area contributed by atoms with Gasteiger partial charge >= 0.3 is 12.2 Å². The SMILES string of the molecule is COCCCn1cc(C)c2c(C)cc(C(C)N(C(=O)[C@H]3CN(C(=O)OC(C)(C)C)CCN3C(=O)OC(C)(C)C)C3CC3)cc21. The number of amides is 3. The number of rotatable bonds is 8. The Labute approximate surface area is 262 Å². The molecule has 0 N–H and O–H groups in total. The molecule has 1 unspecified atom stereocenters. The zero-order chi connectivity index (χ0) is 32.6. The molecule has 10 heteroatoms. The van der Waals surface area contributed by atoms with E-state index >= 15 is 0 Å². The van der Waals surface area contributed by atoms with E-state index < -0.39 is 29.4 Å². The summed E-state index contributed by atoms with van der Waals surface area (Å²) in [6, 6.07) is 3.33. The van der Waals surface area contributed by atoms with Gasteiger partial charge in [-0.05, 0) is 104 Å². The van der Waals surface area contributed by atoms with Gasteiger partial charge in [-0.2, -0.15) is 0 Å². The lowest BCUT2D eigenvalue weighted by molar-refractivity contribution is -0.142. The maximum atomic E-state index is 14.6. The smallest absolute Gasteiger partial charge is 0.411 e. The molecule has 244 valence electrons. The molecule has 2 aromatic rings. The van der Waals surface area contributed by atoms with E-state index in [-0.39, 0.29) is 37.6 Å². The number of ether oxygens (including phenoxy) is 3. The van der Waals surface area contributed by atoms with Gasteiger partial charge in [0.2, 0.25) is 5.91 Å². The van der Waals surface area contributed by atoms with Crippen molar-refractivity contribution in [2.45, 2.75) is 117 Å². The second kappa shape index (κ2) is 13.0. The Balaban J connectivity index is 1.68. The number of nitrogens with zero attached hydrogens (tertiary/aromatic N) is 4. The highest BCUT2D eigenvalue weighted by molar-refractivity contribution is 5.89. The van der Waals surface area contributed by atoms with E-state index in [1.165, 1.54) is 26.3 Å². The van der Waals surface area contributed by atoms with E-state index in [0.29, 0.717) is 6.61 Å². The third-order valence-electron chi connectivity index (χ3n) is 8.18. The van der Waals surface area contributed by atoms with Crippen LogP contribution < -0.4 is 0 Å². The van der Waals surface area contributed by atoms with Crippen LogP contribution in [-0.2, 0) is 25.5 Å². The molecule has 2 fully saturated rings. The van der Waals surface area contributed by atoms with Crippen LogP contribution in [-0.4, -0.2) is 94.0 Å². The van der Waals surface area contributed by atoms with Gasteiger partial charge in [0, 0.05) is 56.5 Å². The van der Waals surface area contributed by atoms with E-state index in [0.717, 1.165) is 36.9 Å². The summed E-state index contributed by atoms with van der Waals surface area (Å²) < 4.78 is 18.9. The number of carbonyl (C=O) groups is 3. The Morgan fingerprint density at radius 2 is 1.59 bits per heavy atom. The van der Waals surface area contributed by atoms with Gasteiger partial charge in [-0.15, -0.1) is 0 Å². The number of methoxy groups -OCH3 is 1. The first-order valence-corrected chi connectivity index (χ1v) is 15.9. The van der Waals surface area contributed by atoms with Gasteiger partial charge < -0.3 is 28.6 Å². The molecule has 1 aliphatic carbocycles. The highest BCUT2D eigenvalue weighted by Crippen LogP contribution is 2.38. The molecule has 4 rings (SSSR count).